The topological polar surface area (TPSA) is 29.5 Å². The van der Waals surface area contributed by atoms with Crippen LogP contribution < -0.4 is 0 Å². The van der Waals surface area contributed by atoms with E-state index in [0.717, 1.165) is 11.3 Å². The molecule has 0 aromatic carbocycles. The minimum Gasteiger partial charge on any atom is -0.385 e. The van der Waals surface area contributed by atoms with E-state index in [9.17, 15) is 5.11 Å². The second-order valence-corrected chi connectivity index (χ2v) is 4.76. The van der Waals surface area contributed by atoms with Gasteiger partial charge in [-0.15, -0.1) is 11.3 Å². The molecule has 1 aromatic heterocycles. The molecule has 0 saturated heterocycles. The maximum Gasteiger partial charge on any atom is 0.0986 e. The third-order valence-electron chi connectivity index (χ3n) is 2.73. The summed E-state index contributed by atoms with van der Waals surface area (Å²) in [5, 5.41) is 12.3. The van der Waals surface area contributed by atoms with Crippen LogP contribution >= 0.6 is 11.3 Å². The van der Waals surface area contributed by atoms with Crippen LogP contribution in [0.4, 0.5) is 0 Å². The average Bonchev–Trinajstić information content (AvgIpc) is 2.67. The highest BCUT2D eigenvalue weighted by Crippen LogP contribution is 2.33. The smallest absolute Gasteiger partial charge is 0.0986 e. The van der Waals surface area contributed by atoms with Gasteiger partial charge in [0.2, 0.25) is 0 Å². The molecule has 1 rings (SSSR count). The third-order valence-corrected chi connectivity index (χ3v) is 3.83. The Morgan fingerprint density at radius 3 is 2.86 bits per heavy atom. The third kappa shape index (κ3) is 2.56. The Hall–Kier alpha value is -0.380. The molecule has 2 nitrogen and oxygen atoms in total. The summed E-state index contributed by atoms with van der Waals surface area (Å²) in [6.45, 7) is 4.63. The zero-order valence-corrected chi connectivity index (χ0v) is 9.80. The molecule has 0 aliphatic heterocycles. The van der Waals surface area contributed by atoms with E-state index in [0.29, 0.717) is 6.61 Å². The second-order valence-electron chi connectivity index (χ2n) is 3.81. The van der Waals surface area contributed by atoms with Crippen LogP contribution in [0, 0.1) is 5.92 Å². The predicted octanol–water partition coefficient (Wildman–Crippen LogP) is 2.63. The fraction of sp³-hybridized carbons (Fsp3) is 0.636. The number of hydrogen-bond donors (Lipinski definition) is 1. The monoisotopic (exact) mass is 214 g/mol. The Bertz CT molecular complexity index is 254. The van der Waals surface area contributed by atoms with Crippen molar-refractivity contribution in [2.75, 3.05) is 13.7 Å². The molecule has 2 atom stereocenters. The van der Waals surface area contributed by atoms with E-state index in [-0.39, 0.29) is 5.92 Å². The highest BCUT2D eigenvalue weighted by atomic mass is 32.1. The van der Waals surface area contributed by atoms with Crippen molar-refractivity contribution in [3.63, 3.8) is 0 Å². The van der Waals surface area contributed by atoms with Gasteiger partial charge in [0.05, 0.1) is 5.60 Å². The first-order valence-corrected chi connectivity index (χ1v) is 5.72. The van der Waals surface area contributed by atoms with Crippen LogP contribution in [0.25, 0.3) is 0 Å². The van der Waals surface area contributed by atoms with Gasteiger partial charge in [-0.1, -0.05) is 13.0 Å². The molecule has 0 aliphatic carbocycles. The average molecular weight is 214 g/mol. The van der Waals surface area contributed by atoms with E-state index in [1.165, 1.54) is 0 Å². The van der Waals surface area contributed by atoms with Crippen LogP contribution in [-0.2, 0) is 10.3 Å². The lowest BCUT2D eigenvalue weighted by molar-refractivity contribution is -0.00745. The van der Waals surface area contributed by atoms with E-state index >= 15 is 0 Å². The lowest BCUT2D eigenvalue weighted by Gasteiger charge is -2.29. The van der Waals surface area contributed by atoms with Crippen LogP contribution in [0.1, 0.15) is 25.1 Å². The Morgan fingerprint density at radius 2 is 2.36 bits per heavy atom. The molecule has 0 spiro atoms. The summed E-state index contributed by atoms with van der Waals surface area (Å²) in [6.07, 6.45) is 0.876. The number of aliphatic hydroxyl groups is 1. The van der Waals surface area contributed by atoms with Crippen LogP contribution in [0.15, 0.2) is 17.5 Å². The van der Waals surface area contributed by atoms with Crippen molar-refractivity contribution in [2.45, 2.75) is 25.9 Å². The molecule has 3 heteroatoms. The Kier molecular flexibility index (Phi) is 4.11. The quantitative estimate of drug-likeness (QED) is 0.816. The van der Waals surface area contributed by atoms with Gasteiger partial charge >= 0.3 is 0 Å². The van der Waals surface area contributed by atoms with Crippen LogP contribution in [0.2, 0.25) is 0 Å². The normalized spacial score (nSPS) is 17.7. The molecule has 1 heterocycles. The molecule has 1 N–H and O–H groups in total. The van der Waals surface area contributed by atoms with Gasteiger partial charge in [0, 0.05) is 18.6 Å². The zero-order valence-electron chi connectivity index (χ0n) is 8.99. The van der Waals surface area contributed by atoms with E-state index in [1.54, 1.807) is 18.4 Å². The molecule has 0 radical (unpaired) electrons. The van der Waals surface area contributed by atoms with Crippen molar-refractivity contribution in [3.05, 3.63) is 22.4 Å². The first-order chi connectivity index (χ1) is 6.59. The summed E-state index contributed by atoms with van der Waals surface area (Å²) in [5.74, 6) is 0.209. The SMILES string of the molecule is COCCC(C)C(C)(O)c1cccs1. The number of methoxy groups -OCH3 is 1. The fourth-order valence-electron chi connectivity index (χ4n) is 1.39. The minimum atomic E-state index is -0.729. The van der Waals surface area contributed by atoms with Crippen molar-refractivity contribution >= 4 is 11.3 Å². The molecule has 0 bridgehead atoms. The summed E-state index contributed by atoms with van der Waals surface area (Å²) in [7, 11) is 1.69. The number of rotatable bonds is 5. The Labute approximate surface area is 89.5 Å². The van der Waals surface area contributed by atoms with Crippen molar-refractivity contribution in [1.82, 2.24) is 0 Å². The van der Waals surface area contributed by atoms with E-state index in [2.05, 4.69) is 6.92 Å². The van der Waals surface area contributed by atoms with Gasteiger partial charge in [-0.05, 0) is 30.7 Å². The summed E-state index contributed by atoms with van der Waals surface area (Å²) < 4.78 is 5.02. The minimum absolute atomic E-state index is 0.209. The lowest BCUT2D eigenvalue weighted by atomic mass is 9.87. The zero-order chi connectivity index (χ0) is 10.6. The van der Waals surface area contributed by atoms with Gasteiger partial charge in [0.1, 0.15) is 0 Å². The summed E-state index contributed by atoms with van der Waals surface area (Å²) in [6, 6.07) is 3.95. The molecule has 0 saturated carbocycles. The van der Waals surface area contributed by atoms with Gasteiger partial charge in [0.25, 0.3) is 0 Å². The van der Waals surface area contributed by atoms with Crippen molar-refractivity contribution < 1.29 is 9.84 Å². The summed E-state index contributed by atoms with van der Waals surface area (Å²) in [4.78, 5) is 1.03. The lowest BCUT2D eigenvalue weighted by Crippen LogP contribution is -2.29. The first kappa shape index (κ1) is 11.7. The number of thiophene rings is 1. The van der Waals surface area contributed by atoms with Gasteiger partial charge in [-0.3, -0.25) is 0 Å². The highest BCUT2D eigenvalue weighted by Gasteiger charge is 2.30. The maximum absolute atomic E-state index is 10.3. The fourth-order valence-corrected chi connectivity index (χ4v) is 2.29. The van der Waals surface area contributed by atoms with Gasteiger partial charge in [-0.25, -0.2) is 0 Å². The molecule has 0 fully saturated rings. The van der Waals surface area contributed by atoms with Gasteiger partial charge < -0.3 is 9.84 Å². The molecular weight excluding hydrogens is 196 g/mol. The number of hydrogen-bond acceptors (Lipinski definition) is 3. The van der Waals surface area contributed by atoms with Crippen molar-refractivity contribution in [3.8, 4) is 0 Å². The van der Waals surface area contributed by atoms with Crippen LogP contribution in [-0.4, -0.2) is 18.8 Å². The van der Waals surface area contributed by atoms with Gasteiger partial charge in [-0.2, -0.15) is 0 Å². The van der Waals surface area contributed by atoms with Crippen molar-refractivity contribution in [1.29, 1.82) is 0 Å². The molecular formula is C11H18O2S. The van der Waals surface area contributed by atoms with E-state index in [4.69, 9.17) is 4.74 Å². The molecule has 2 unspecified atom stereocenters. The second kappa shape index (κ2) is 4.91. The molecule has 80 valence electrons. The summed E-state index contributed by atoms with van der Waals surface area (Å²) in [5.41, 5.74) is -0.729. The van der Waals surface area contributed by atoms with Crippen LogP contribution in [0.5, 0.6) is 0 Å². The van der Waals surface area contributed by atoms with Gasteiger partial charge in [0.15, 0.2) is 0 Å². The molecule has 1 aromatic rings. The first-order valence-electron chi connectivity index (χ1n) is 4.84. The standard InChI is InChI=1S/C11H18O2S/c1-9(6-7-13-3)11(2,12)10-5-4-8-14-10/h4-5,8-9,12H,6-7H2,1-3H3. The maximum atomic E-state index is 10.3. The highest BCUT2D eigenvalue weighted by molar-refractivity contribution is 7.10. The Balaban J connectivity index is 2.64. The van der Waals surface area contributed by atoms with E-state index < -0.39 is 5.60 Å². The summed E-state index contributed by atoms with van der Waals surface area (Å²) >= 11 is 1.60. The van der Waals surface area contributed by atoms with Crippen LogP contribution in [0.3, 0.4) is 0 Å². The van der Waals surface area contributed by atoms with Crippen molar-refractivity contribution in [2.24, 2.45) is 5.92 Å². The molecule has 0 aliphatic rings. The molecule has 14 heavy (non-hydrogen) atoms. The molecule has 0 amide bonds. The number of ether oxygens (including phenoxy) is 1. The van der Waals surface area contributed by atoms with E-state index in [1.807, 2.05) is 24.4 Å². The predicted molar refractivity (Wildman–Crippen MR) is 59.5 cm³/mol. The largest absolute Gasteiger partial charge is 0.385 e. The Morgan fingerprint density at radius 1 is 1.64 bits per heavy atom.